The van der Waals surface area contributed by atoms with E-state index >= 15 is 0 Å². The van der Waals surface area contributed by atoms with Gasteiger partial charge in [0.1, 0.15) is 17.9 Å². The largest absolute Gasteiger partial charge is 0.508 e. The molecule has 0 saturated carbocycles. The van der Waals surface area contributed by atoms with Crippen LogP contribution in [0.2, 0.25) is 5.02 Å². The normalized spacial score (nSPS) is 10.8. The smallest absolute Gasteiger partial charge is 0.338 e. The van der Waals surface area contributed by atoms with E-state index in [1.807, 2.05) is 0 Å². The SMILES string of the molecule is Cc1cc2oc(=O)cc(COC(=O)c3cccc(O)c3)c2cc1Cl. The van der Waals surface area contributed by atoms with Crippen LogP contribution in [-0.4, -0.2) is 11.1 Å². The molecule has 0 saturated heterocycles. The first-order chi connectivity index (χ1) is 11.4. The van der Waals surface area contributed by atoms with E-state index in [9.17, 15) is 14.7 Å². The number of fused-ring (bicyclic) bond motifs is 1. The maximum Gasteiger partial charge on any atom is 0.338 e. The van der Waals surface area contributed by atoms with E-state index in [0.29, 0.717) is 21.6 Å². The minimum absolute atomic E-state index is 0.0301. The number of hydrogen-bond acceptors (Lipinski definition) is 5. The molecule has 1 heterocycles. The second-order valence-corrected chi connectivity index (χ2v) is 5.72. The predicted molar refractivity (Wildman–Crippen MR) is 89.5 cm³/mol. The van der Waals surface area contributed by atoms with Gasteiger partial charge in [-0.2, -0.15) is 0 Å². The molecule has 0 fully saturated rings. The molecule has 0 atom stereocenters. The highest BCUT2D eigenvalue weighted by Gasteiger charge is 2.12. The molecule has 3 aromatic rings. The number of carbonyl (C=O) groups is 1. The third-order valence-electron chi connectivity index (χ3n) is 3.55. The van der Waals surface area contributed by atoms with Gasteiger partial charge in [0.05, 0.1) is 5.56 Å². The fourth-order valence-corrected chi connectivity index (χ4v) is 2.49. The van der Waals surface area contributed by atoms with Crippen molar-refractivity contribution in [2.75, 3.05) is 0 Å². The summed E-state index contributed by atoms with van der Waals surface area (Å²) < 4.78 is 10.4. The Kier molecular flexibility index (Phi) is 4.27. The number of phenolic OH excluding ortho intramolecular Hbond substituents is 1. The van der Waals surface area contributed by atoms with Crippen LogP contribution in [0.1, 0.15) is 21.5 Å². The zero-order chi connectivity index (χ0) is 17.3. The second-order valence-electron chi connectivity index (χ2n) is 5.31. The fraction of sp³-hybridized carbons (Fsp3) is 0.111. The van der Waals surface area contributed by atoms with Crippen LogP contribution in [0.3, 0.4) is 0 Å². The summed E-state index contributed by atoms with van der Waals surface area (Å²) in [7, 11) is 0. The highest BCUT2D eigenvalue weighted by atomic mass is 35.5. The lowest BCUT2D eigenvalue weighted by atomic mass is 10.1. The third-order valence-corrected chi connectivity index (χ3v) is 3.96. The molecule has 0 bridgehead atoms. The molecule has 2 aromatic carbocycles. The van der Waals surface area contributed by atoms with Crippen molar-refractivity contribution < 1.29 is 19.1 Å². The number of esters is 1. The average molecular weight is 345 g/mol. The standard InChI is InChI=1S/C18H13ClO5/c1-10-5-16-14(8-15(10)19)12(7-17(21)24-16)9-23-18(22)11-3-2-4-13(20)6-11/h2-8,20H,9H2,1H3. The van der Waals surface area contributed by atoms with E-state index in [1.165, 1.54) is 24.3 Å². The third kappa shape index (κ3) is 3.26. The summed E-state index contributed by atoms with van der Waals surface area (Å²) in [6, 6.07) is 10.4. The van der Waals surface area contributed by atoms with E-state index in [2.05, 4.69) is 0 Å². The van der Waals surface area contributed by atoms with Crippen LogP contribution in [0.5, 0.6) is 5.75 Å². The Morgan fingerprint density at radius 2 is 2.04 bits per heavy atom. The zero-order valence-corrected chi connectivity index (χ0v) is 13.5. The van der Waals surface area contributed by atoms with E-state index < -0.39 is 11.6 Å². The zero-order valence-electron chi connectivity index (χ0n) is 12.7. The fourth-order valence-electron chi connectivity index (χ4n) is 2.33. The highest BCUT2D eigenvalue weighted by molar-refractivity contribution is 6.32. The number of phenols is 1. The molecular formula is C18H13ClO5. The summed E-state index contributed by atoms with van der Waals surface area (Å²) in [5, 5.41) is 10.5. The number of carbonyl (C=O) groups excluding carboxylic acids is 1. The van der Waals surface area contributed by atoms with Gasteiger partial charge in [-0.15, -0.1) is 0 Å². The molecule has 0 amide bonds. The first-order valence-electron chi connectivity index (χ1n) is 7.13. The number of benzene rings is 2. The molecule has 0 aliphatic heterocycles. The first-order valence-corrected chi connectivity index (χ1v) is 7.51. The maximum atomic E-state index is 12.1. The van der Waals surface area contributed by atoms with Crippen LogP contribution in [0.25, 0.3) is 11.0 Å². The number of ether oxygens (including phenoxy) is 1. The molecular weight excluding hydrogens is 332 g/mol. The Morgan fingerprint density at radius 1 is 1.25 bits per heavy atom. The maximum absolute atomic E-state index is 12.1. The van der Waals surface area contributed by atoms with Gasteiger partial charge < -0.3 is 14.3 Å². The highest BCUT2D eigenvalue weighted by Crippen LogP contribution is 2.25. The Balaban J connectivity index is 1.91. The van der Waals surface area contributed by atoms with Gasteiger partial charge in [0.2, 0.25) is 0 Å². The Hall–Kier alpha value is -2.79. The van der Waals surface area contributed by atoms with E-state index in [4.69, 9.17) is 20.8 Å². The molecule has 0 unspecified atom stereocenters. The Morgan fingerprint density at radius 3 is 2.79 bits per heavy atom. The summed E-state index contributed by atoms with van der Waals surface area (Å²) in [4.78, 5) is 23.7. The average Bonchev–Trinajstić information content (AvgIpc) is 2.54. The lowest BCUT2D eigenvalue weighted by molar-refractivity contribution is 0.0473. The van der Waals surface area contributed by atoms with Gasteiger partial charge in [-0.05, 0) is 42.8 Å². The van der Waals surface area contributed by atoms with E-state index in [-0.39, 0.29) is 17.9 Å². The van der Waals surface area contributed by atoms with E-state index in [0.717, 1.165) is 5.56 Å². The van der Waals surface area contributed by atoms with Crippen molar-refractivity contribution in [3.8, 4) is 5.75 Å². The summed E-state index contributed by atoms with van der Waals surface area (Å²) >= 11 is 6.12. The van der Waals surface area contributed by atoms with E-state index in [1.54, 1.807) is 25.1 Å². The number of rotatable bonds is 3. The quantitative estimate of drug-likeness (QED) is 0.577. The summed E-state index contributed by atoms with van der Waals surface area (Å²) in [6.07, 6.45) is 0. The molecule has 0 radical (unpaired) electrons. The number of halogens is 1. The van der Waals surface area contributed by atoms with Crippen LogP contribution in [0.15, 0.2) is 51.7 Å². The molecule has 24 heavy (non-hydrogen) atoms. The van der Waals surface area contributed by atoms with Gasteiger partial charge in [-0.3, -0.25) is 0 Å². The first kappa shape index (κ1) is 16.1. The van der Waals surface area contributed by atoms with Crippen molar-refractivity contribution in [2.45, 2.75) is 13.5 Å². The van der Waals surface area contributed by atoms with Crippen molar-refractivity contribution in [3.05, 3.63) is 74.6 Å². The van der Waals surface area contributed by atoms with Gasteiger partial charge in [0.15, 0.2) is 0 Å². The van der Waals surface area contributed by atoms with Gasteiger partial charge in [-0.25, -0.2) is 9.59 Å². The monoisotopic (exact) mass is 344 g/mol. The number of aromatic hydroxyl groups is 1. The van der Waals surface area contributed by atoms with Crippen LogP contribution >= 0.6 is 11.6 Å². The lowest BCUT2D eigenvalue weighted by Crippen LogP contribution is -2.08. The second kappa shape index (κ2) is 6.37. The summed E-state index contributed by atoms with van der Waals surface area (Å²) in [6.45, 7) is 1.69. The van der Waals surface area contributed by atoms with Gasteiger partial charge in [0.25, 0.3) is 0 Å². The number of hydrogen-bond donors (Lipinski definition) is 1. The van der Waals surface area contributed by atoms with Crippen molar-refractivity contribution in [1.82, 2.24) is 0 Å². The minimum atomic E-state index is -0.606. The van der Waals surface area contributed by atoms with Crippen molar-refractivity contribution >= 4 is 28.5 Å². The molecule has 1 aromatic heterocycles. The van der Waals surface area contributed by atoms with Crippen molar-refractivity contribution in [2.24, 2.45) is 0 Å². The lowest BCUT2D eigenvalue weighted by Gasteiger charge is -2.09. The Bertz CT molecular complexity index is 990. The van der Waals surface area contributed by atoms with Gasteiger partial charge in [0, 0.05) is 22.0 Å². The predicted octanol–water partition coefficient (Wildman–Crippen LogP) is 3.82. The minimum Gasteiger partial charge on any atom is -0.508 e. The topological polar surface area (TPSA) is 76.7 Å². The summed E-state index contributed by atoms with van der Waals surface area (Å²) in [5.74, 6) is -0.636. The molecule has 5 nitrogen and oxygen atoms in total. The molecule has 3 rings (SSSR count). The number of aryl methyl sites for hydroxylation is 1. The van der Waals surface area contributed by atoms with Crippen LogP contribution in [0.4, 0.5) is 0 Å². The molecule has 0 aliphatic carbocycles. The summed E-state index contributed by atoms with van der Waals surface area (Å²) in [5.41, 5.74) is 1.34. The van der Waals surface area contributed by atoms with Crippen LogP contribution in [-0.2, 0) is 11.3 Å². The molecule has 0 aliphatic rings. The molecule has 122 valence electrons. The van der Waals surface area contributed by atoms with Crippen LogP contribution < -0.4 is 5.63 Å². The van der Waals surface area contributed by atoms with Gasteiger partial charge >= 0.3 is 11.6 Å². The molecule has 0 spiro atoms. The molecule has 6 heteroatoms. The van der Waals surface area contributed by atoms with Gasteiger partial charge in [-0.1, -0.05) is 17.7 Å². The van der Waals surface area contributed by atoms with Crippen molar-refractivity contribution in [3.63, 3.8) is 0 Å². The van der Waals surface area contributed by atoms with Crippen molar-refractivity contribution in [1.29, 1.82) is 0 Å². The Labute approximate surface area is 142 Å². The molecule has 1 N–H and O–H groups in total. The van der Waals surface area contributed by atoms with Crippen LogP contribution in [0, 0.1) is 6.92 Å².